The van der Waals surface area contributed by atoms with Crippen LogP contribution in [0.4, 0.5) is 0 Å². The molecule has 0 aromatic carbocycles. The minimum absolute atomic E-state index is 0.529. The summed E-state index contributed by atoms with van der Waals surface area (Å²) in [5, 5.41) is 0. The van der Waals surface area contributed by atoms with Crippen LogP contribution in [-0.4, -0.2) is 17.5 Å². The maximum absolute atomic E-state index is 6.20. The SMILES string of the molecule is NC(CC1CCSCC1)C1CCC1. The quantitative estimate of drug-likeness (QED) is 0.756. The molecule has 0 radical (unpaired) electrons. The molecule has 1 nitrogen and oxygen atoms in total. The Balaban J connectivity index is 1.69. The van der Waals surface area contributed by atoms with E-state index in [1.165, 1.54) is 50.0 Å². The maximum Gasteiger partial charge on any atom is 0.00698 e. The molecule has 76 valence electrons. The van der Waals surface area contributed by atoms with E-state index in [1.54, 1.807) is 0 Å². The van der Waals surface area contributed by atoms with E-state index in [4.69, 9.17) is 5.73 Å². The predicted octanol–water partition coefficient (Wildman–Crippen LogP) is 2.65. The van der Waals surface area contributed by atoms with Gasteiger partial charge in [0.25, 0.3) is 0 Å². The van der Waals surface area contributed by atoms with Crippen molar-refractivity contribution in [2.45, 2.75) is 44.6 Å². The van der Waals surface area contributed by atoms with Crippen molar-refractivity contribution >= 4 is 11.8 Å². The van der Waals surface area contributed by atoms with E-state index in [9.17, 15) is 0 Å². The lowest BCUT2D eigenvalue weighted by Gasteiger charge is -2.34. The molecule has 1 unspecified atom stereocenters. The summed E-state index contributed by atoms with van der Waals surface area (Å²) < 4.78 is 0. The van der Waals surface area contributed by atoms with Gasteiger partial charge >= 0.3 is 0 Å². The van der Waals surface area contributed by atoms with Gasteiger partial charge in [0.2, 0.25) is 0 Å². The Morgan fingerprint density at radius 1 is 1.15 bits per heavy atom. The molecular formula is C11H21NS. The van der Waals surface area contributed by atoms with E-state index >= 15 is 0 Å². The van der Waals surface area contributed by atoms with E-state index in [-0.39, 0.29) is 0 Å². The third kappa shape index (κ3) is 2.63. The summed E-state index contributed by atoms with van der Waals surface area (Å²) in [5.41, 5.74) is 6.20. The molecule has 1 saturated heterocycles. The molecule has 2 heteroatoms. The van der Waals surface area contributed by atoms with Crippen molar-refractivity contribution in [3.63, 3.8) is 0 Å². The van der Waals surface area contributed by atoms with Gasteiger partial charge in [-0.1, -0.05) is 6.42 Å². The van der Waals surface area contributed by atoms with Crippen LogP contribution < -0.4 is 5.73 Å². The minimum Gasteiger partial charge on any atom is -0.327 e. The van der Waals surface area contributed by atoms with Crippen molar-refractivity contribution < 1.29 is 0 Å². The second-order valence-corrected chi connectivity index (χ2v) is 5.87. The Hall–Kier alpha value is 0.310. The third-order valence-electron chi connectivity index (χ3n) is 3.70. The molecule has 0 amide bonds. The van der Waals surface area contributed by atoms with Crippen molar-refractivity contribution in [3.05, 3.63) is 0 Å². The molecule has 0 spiro atoms. The first-order valence-corrected chi connectivity index (χ1v) is 6.85. The molecule has 1 heterocycles. The van der Waals surface area contributed by atoms with E-state index in [2.05, 4.69) is 11.8 Å². The molecule has 0 aromatic heterocycles. The van der Waals surface area contributed by atoms with Crippen molar-refractivity contribution in [2.24, 2.45) is 17.6 Å². The molecule has 13 heavy (non-hydrogen) atoms. The van der Waals surface area contributed by atoms with Crippen LogP contribution in [0.15, 0.2) is 0 Å². The highest BCUT2D eigenvalue weighted by atomic mass is 32.2. The molecule has 1 atom stereocenters. The number of thioether (sulfide) groups is 1. The first kappa shape index (κ1) is 9.85. The zero-order valence-corrected chi connectivity index (χ0v) is 9.19. The standard InChI is InChI=1S/C11H21NS/c12-11(10-2-1-3-10)8-9-4-6-13-7-5-9/h9-11H,1-8,12H2. The number of hydrogen-bond donors (Lipinski definition) is 1. The van der Waals surface area contributed by atoms with Crippen LogP contribution >= 0.6 is 11.8 Å². The molecule has 1 aliphatic heterocycles. The smallest absolute Gasteiger partial charge is 0.00698 e. The van der Waals surface area contributed by atoms with Gasteiger partial charge < -0.3 is 5.73 Å². The lowest BCUT2D eigenvalue weighted by atomic mass is 9.76. The zero-order chi connectivity index (χ0) is 9.10. The summed E-state index contributed by atoms with van der Waals surface area (Å²) in [6.07, 6.45) is 8.39. The van der Waals surface area contributed by atoms with Crippen molar-refractivity contribution in [3.8, 4) is 0 Å². The minimum atomic E-state index is 0.529. The van der Waals surface area contributed by atoms with E-state index in [0.717, 1.165) is 11.8 Å². The lowest BCUT2D eigenvalue weighted by molar-refractivity contribution is 0.228. The molecular weight excluding hydrogens is 178 g/mol. The number of rotatable bonds is 3. The molecule has 2 fully saturated rings. The molecule has 0 bridgehead atoms. The monoisotopic (exact) mass is 199 g/mol. The molecule has 2 aliphatic rings. The van der Waals surface area contributed by atoms with Gasteiger partial charge in [0, 0.05) is 6.04 Å². The lowest BCUT2D eigenvalue weighted by Crippen LogP contribution is -2.36. The van der Waals surface area contributed by atoms with Crippen LogP contribution in [0.1, 0.15) is 38.5 Å². The fraction of sp³-hybridized carbons (Fsp3) is 1.00. The molecule has 2 N–H and O–H groups in total. The molecule has 1 aliphatic carbocycles. The largest absolute Gasteiger partial charge is 0.327 e. The summed E-state index contributed by atoms with van der Waals surface area (Å²) in [6, 6.07) is 0.529. The normalized spacial score (nSPS) is 28.4. The van der Waals surface area contributed by atoms with Gasteiger partial charge in [-0.3, -0.25) is 0 Å². The molecule has 0 aromatic rings. The maximum atomic E-state index is 6.20. The topological polar surface area (TPSA) is 26.0 Å². The van der Waals surface area contributed by atoms with Crippen LogP contribution in [0.3, 0.4) is 0 Å². The Bertz CT molecular complexity index is 150. The van der Waals surface area contributed by atoms with Gasteiger partial charge in [0.15, 0.2) is 0 Å². The van der Waals surface area contributed by atoms with Gasteiger partial charge in [0.1, 0.15) is 0 Å². The average Bonchev–Trinajstić information content (AvgIpc) is 2.02. The Morgan fingerprint density at radius 3 is 2.38 bits per heavy atom. The van der Waals surface area contributed by atoms with E-state index < -0.39 is 0 Å². The summed E-state index contributed by atoms with van der Waals surface area (Å²) in [6.45, 7) is 0. The second-order valence-electron chi connectivity index (χ2n) is 4.65. The summed E-state index contributed by atoms with van der Waals surface area (Å²) >= 11 is 2.11. The van der Waals surface area contributed by atoms with Gasteiger partial charge in [-0.2, -0.15) is 11.8 Å². The first-order valence-electron chi connectivity index (χ1n) is 5.69. The Labute approximate surface area is 85.8 Å². The Morgan fingerprint density at radius 2 is 1.85 bits per heavy atom. The third-order valence-corrected chi connectivity index (χ3v) is 4.75. The van der Waals surface area contributed by atoms with E-state index in [0.29, 0.717) is 6.04 Å². The van der Waals surface area contributed by atoms with Crippen LogP contribution in [0.2, 0.25) is 0 Å². The highest BCUT2D eigenvalue weighted by Gasteiger charge is 2.27. The molecule has 2 rings (SSSR count). The van der Waals surface area contributed by atoms with Crippen molar-refractivity contribution in [2.75, 3.05) is 11.5 Å². The summed E-state index contributed by atoms with van der Waals surface area (Å²) in [4.78, 5) is 0. The fourth-order valence-corrected chi connectivity index (χ4v) is 3.63. The average molecular weight is 199 g/mol. The van der Waals surface area contributed by atoms with Crippen LogP contribution in [0, 0.1) is 11.8 Å². The summed E-state index contributed by atoms with van der Waals surface area (Å²) in [5.74, 6) is 4.59. The van der Waals surface area contributed by atoms with Crippen LogP contribution in [0.25, 0.3) is 0 Å². The zero-order valence-electron chi connectivity index (χ0n) is 8.37. The van der Waals surface area contributed by atoms with Crippen LogP contribution in [0.5, 0.6) is 0 Å². The number of nitrogens with two attached hydrogens (primary N) is 1. The highest BCUT2D eigenvalue weighted by molar-refractivity contribution is 7.99. The molecule has 1 saturated carbocycles. The fourth-order valence-electron chi connectivity index (χ4n) is 2.43. The van der Waals surface area contributed by atoms with Gasteiger partial charge in [-0.15, -0.1) is 0 Å². The van der Waals surface area contributed by atoms with Crippen molar-refractivity contribution in [1.29, 1.82) is 0 Å². The van der Waals surface area contributed by atoms with Crippen LogP contribution in [-0.2, 0) is 0 Å². The van der Waals surface area contributed by atoms with E-state index in [1.807, 2.05) is 0 Å². The summed E-state index contributed by atoms with van der Waals surface area (Å²) in [7, 11) is 0. The van der Waals surface area contributed by atoms with Gasteiger partial charge in [-0.25, -0.2) is 0 Å². The second kappa shape index (κ2) is 4.70. The Kier molecular flexibility index (Phi) is 3.56. The van der Waals surface area contributed by atoms with Crippen molar-refractivity contribution in [1.82, 2.24) is 0 Å². The van der Waals surface area contributed by atoms with Gasteiger partial charge in [-0.05, 0) is 55.4 Å². The first-order chi connectivity index (χ1) is 6.36. The predicted molar refractivity (Wildman–Crippen MR) is 60.0 cm³/mol. The van der Waals surface area contributed by atoms with Gasteiger partial charge in [0.05, 0.1) is 0 Å². The number of hydrogen-bond acceptors (Lipinski definition) is 2. The highest BCUT2D eigenvalue weighted by Crippen LogP contribution is 2.34.